The van der Waals surface area contributed by atoms with Crippen molar-refractivity contribution in [1.29, 1.82) is 0 Å². The van der Waals surface area contributed by atoms with E-state index in [1.54, 1.807) is 0 Å². The Hall–Kier alpha value is -0.940. The van der Waals surface area contributed by atoms with Crippen molar-refractivity contribution in [2.45, 2.75) is 84.1 Å². The van der Waals surface area contributed by atoms with Crippen LogP contribution < -0.4 is 0 Å². The smallest absolute Gasteiger partial charge is 0.305 e. The van der Waals surface area contributed by atoms with Gasteiger partial charge in [0.2, 0.25) is 5.84 Å². The molecule has 1 aliphatic rings. The quantitative estimate of drug-likeness (QED) is 0.401. The molecular formula is C18H35N2O3+. The molecule has 0 radical (unpaired) electrons. The highest BCUT2D eigenvalue weighted by atomic mass is 16.4. The molecule has 0 fully saturated rings. The van der Waals surface area contributed by atoms with Crippen molar-refractivity contribution < 1.29 is 19.5 Å². The molecule has 2 N–H and O–H groups in total. The maximum atomic E-state index is 11.0. The fraction of sp³-hybridized carbons (Fsp3) is 0.889. The maximum absolute atomic E-state index is 11.0. The first-order valence-corrected chi connectivity index (χ1v) is 9.34. The topological polar surface area (TPSA) is 69.9 Å². The number of amidine groups is 1. The Morgan fingerprint density at radius 3 is 2.39 bits per heavy atom. The predicted octanol–water partition coefficient (Wildman–Crippen LogP) is 3.56. The Balaban J connectivity index is 2.60. The minimum Gasteiger partial charge on any atom is -0.481 e. The van der Waals surface area contributed by atoms with Crippen LogP contribution in [-0.2, 0) is 4.79 Å². The number of aliphatic hydroxyl groups excluding tert-OH is 1. The molecule has 5 nitrogen and oxygen atoms in total. The number of nitrogens with zero attached hydrogens (tertiary/aromatic N) is 2. The summed E-state index contributed by atoms with van der Waals surface area (Å²) in [6.45, 7) is 5.93. The number of aliphatic carboxylic acids is 1. The molecular weight excluding hydrogens is 292 g/mol. The highest BCUT2D eigenvalue weighted by Gasteiger charge is 2.42. The van der Waals surface area contributed by atoms with Crippen LogP contribution in [0.1, 0.15) is 78.1 Å². The van der Waals surface area contributed by atoms with Gasteiger partial charge in [-0.05, 0) is 12.8 Å². The molecule has 1 heterocycles. The van der Waals surface area contributed by atoms with Gasteiger partial charge in [-0.3, -0.25) is 9.28 Å². The van der Waals surface area contributed by atoms with E-state index >= 15 is 0 Å². The van der Waals surface area contributed by atoms with E-state index in [2.05, 4.69) is 18.8 Å². The van der Waals surface area contributed by atoms with Crippen molar-refractivity contribution in [3.63, 3.8) is 0 Å². The lowest BCUT2D eigenvalue weighted by Crippen LogP contribution is -2.53. The number of hydrogen-bond acceptors (Lipinski definition) is 3. The summed E-state index contributed by atoms with van der Waals surface area (Å²) in [6, 6.07) is -0.174. The van der Waals surface area contributed by atoms with Crippen LogP contribution in [0.2, 0.25) is 0 Å². The van der Waals surface area contributed by atoms with Gasteiger partial charge in [-0.25, -0.2) is 4.99 Å². The molecule has 2 unspecified atom stereocenters. The summed E-state index contributed by atoms with van der Waals surface area (Å²) in [6.07, 6.45) is 10.5. The van der Waals surface area contributed by atoms with E-state index in [4.69, 9.17) is 5.11 Å². The van der Waals surface area contributed by atoms with E-state index in [0.717, 1.165) is 38.1 Å². The second-order valence-electron chi connectivity index (χ2n) is 6.86. The SMILES string of the molecule is CCCCCCCCC1=NC(CC(=O)O)C[N+]1(CO)CCCC. The minimum absolute atomic E-state index is 0.0464. The predicted molar refractivity (Wildman–Crippen MR) is 93.5 cm³/mol. The summed E-state index contributed by atoms with van der Waals surface area (Å²) < 4.78 is 0.501. The van der Waals surface area contributed by atoms with E-state index in [9.17, 15) is 9.90 Å². The number of carboxylic acids is 1. The Kier molecular flexibility index (Phi) is 9.41. The number of carboxylic acid groups (broad SMARTS) is 1. The lowest BCUT2D eigenvalue weighted by molar-refractivity contribution is -0.858. The molecule has 0 aromatic carbocycles. The summed E-state index contributed by atoms with van der Waals surface area (Å²) in [7, 11) is 0. The number of carbonyl (C=O) groups is 1. The van der Waals surface area contributed by atoms with Crippen molar-refractivity contribution in [3.05, 3.63) is 0 Å². The van der Waals surface area contributed by atoms with Gasteiger partial charge in [0.25, 0.3) is 0 Å². The molecule has 0 saturated carbocycles. The third-order valence-corrected chi connectivity index (χ3v) is 4.81. The normalized spacial score (nSPS) is 24.0. The molecule has 1 aliphatic heterocycles. The molecule has 0 aliphatic carbocycles. The number of aliphatic hydroxyl groups is 1. The van der Waals surface area contributed by atoms with Crippen LogP contribution in [0.4, 0.5) is 0 Å². The van der Waals surface area contributed by atoms with Crippen molar-refractivity contribution >= 4 is 11.8 Å². The zero-order valence-corrected chi connectivity index (χ0v) is 15.0. The first kappa shape index (κ1) is 20.1. The van der Waals surface area contributed by atoms with Gasteiger partial charge >= 0.3 is 5.97 Å². The Labute approximate surface area is 141 Å². The Morgan fingerprint density at radius 2 is 1.78 bits per heavy atom. The van der Waals surface area contributed by atoms with Crippen LogP contribution in [0.5, 0.6) is 0 Å². The van der Waals surface area contributed by atoms with Crippen LogP contribution >= 0.6 is 0 Å². The molecule has 1 rings (SSSR count). The third kappa shape index (κ3) is 6.60. The standard InChI is InChI=1S/C18H34N2O3/c1-3-5-7-8-9-10-11-17-19-16(13-18(22)23)14-20(17,15-21)12-6-4-2/h16,21H,3-15H2,1-2H3/p+1. The van der Waals surface area contributed by atoms with Gasteiger partial charge in [0.05, 0.1) is 13.0 Å². The van der Waals surface area contributed by atoms with Crippen LogP contribution in [-0.4, -0.2) is 52.4 Å². The summed E-state index contributed by atoms with van der Waals surface area (Å²) in [5.41, 5.74) is 0. The van der Waals surface area contributed by atoms with Gasteiger partial charge in [-0.15, -0.1) is 0 Å². The zero-order valence-electron chi connectivity index (χ0n) is 15.0. The van der Waals surface area contributed by atoms with E-state index < -0.39 is 5.97 Å². The van der Waals surface area contributed by atoms with Crippen LogP contribution in [0, 0.1) is 0 Å². The number of quaternary nitrogens is 1. The summed E-state index contributed by atoms with van der Waals surface area (Å²) in [5, 5.41) is 19.0. The van der Waals surface area contributed by atoms with E-state index in [0.29, 0.717) is 11.0 Å². The largest absolute Gasteiger partial charge is 0.481 e. The van der Waals surface area contributed by atoms with E-state index in [1.165, 1.54) is 32.1 Å². The minimum atomic E-state index is -0.800. The summed E-state index contributed by atoms with van der Waals surface area (Å²) >= 11 is 0. The van der Waals surface area contributed by atoms with E-state index in [1.807, 2.05) is 0 Å². The lowest BCUT2D eigenvalue weighted by Gasteiger charge is -2.33. The average Bonchev–Trinajstić information content (AvgIpc) is 2.86. The third-order valence-electron chi connectivity index (χ3n) is 4.81. The Bertz CT molecular complexity index is 384. The second kappa shape index (κ2) is 10.8. The number of unbranched alkanes of at least 4 members (excludes halogenated alkanes) is 6. The Morgan fingerprint density at radius 1 is 1.13 bits per heavy atom. The molecule has 0 spiro atoms. The van der Waals surface area contributed by atoms with Gasteiger partial charge in [0.15, 0.2) is 6.73 Å². The molecule has 0 saturated heterocycles. The average molecular weight is 327 g/mol. The van der Waals surface area contributed by atoms with Gasteiger partial charge in [0, 0.05) is 6.42 Å². The van der Waals surface area contributed by atoms with Crippen molar-refractivity contribution in [1.82, 2.24) is 0 Å². The molecule has 134 valence electrons. The summed E-state index contributed by atoms with van der Waals surface area (Å²) in [5.74, 6) is 0.230. The lowest BCUT2D eigenvalue weighted by atomic mass is 10.1. The van der Waals surface area contributed by atoms with Gasteiger partial charge < -0.3 is 10.2 Å². The number of aliphatic imine (C=N–C) groups is 1. The molecule has 0 aromatic rings. The highest BCUT2D eigenvalue weighted by molar-refractivity contribution is 5.78. The van der Waals surface area contributed by atoms with Gasteiger partial charge in [-0.1, -0.05) is 52.4 Å². The second-order valence-corrected chi connectivity index (χ2v) is 6.86. The fourth-order valence-corrected chi connectivity index (χ4v) is 3.45. The molecule has 0 aromatic heterocycles. The molecule has 0 bridgehead atoms. The molecule has 0 amide bonds. The van der Waals surface area contributed by atoms with Crippen molar-refractivity contribution in [2.75, 3.05) is 19.8 Å². The fourth-order valence-electron chi connectivity index (χ4n) is 3.45. The zero-order chi connectivity index (χ0) is 17.1. The first-order chi connectivity index (χ1) is 11.1. The first-order valence-electron chi connectivity index (χ1n) is 9.34. The van der Waals surface area contributed by atoms with Crippen LogP contribution in [0.25, 0.3) is 0 Å². The number of hydrogen-bond donors (Lipinski definition) is 2. The van der Waals surface area contributed by atoms with Crippen molar-refractivity contribution in [2.24, 2.45) is 4.99 Å². The number of rotatable bonds is 13. The molecule has 23 heavy (non-hydrogen) atoms. The maximum Gasteiger partial charge on any atom is 0.305 e. The summed E-state index contributed by atoms with van der Waals surface area (Å²) in [4.78, 5) is 15.7. The molecule has 2 atom stereocenters. The van der Waals surface area contributed by atoms with Crippen molar-refractivity contribution in [3.8, 4) is 0 Å². The molecule has 5 heteroatoms. The highest BCUT2D eigenvalue weighted by Crippen LogP contribution is 2.25. The monoisotopic (exact) mass is 327 g/mol. The van der Waals surface area contributed by atoms with Crippen LogP contribution in [0.3, 0.4) is 0 Å². The van der Waals surface area contributed by atoms with Crippen LogP contribution in [0.15, 0.2) is 4.99 Å². The van der Waals surface area contributed by atoms with Gasteiger partial charge in [0.1, 0.15) is 12.6 Å². The van der Waals surface area contributed by atoms with Gasteiger partial charge in [-0.2, -0.15) is 0 Å². The van der Waals surface area contributed by atoms with E-state index in [-0.39, 0.29) is 19.2 Å².